The van der Waals surface area contributed by atoms with E-state index < -0.39 is 0 Å². The lowest BCUT2D eigenvalue weighted by molar-refractivity contribution is 0.720. The molecule has 2 aromatic rings. The summed E-state index contributed by atoms with van der Waals surface area (Å²) in [6.07, 6.45) is 0.766. The Kier molecular flexibility index (Phi) is 4.28. The molecule has 100 valence electrons. The summed E-state index contributed by atoms with van der Waals surface area (Å²) < 4.78 is 0. The molecule has 0 heterocycles. The number of rotatable bonds is 3. The molecule has 2 N–H and O–H groups in total. The topological polar surface area (TPSA) is 26.0 Å². The molecule has 1 unspecified atom stereocenters. The normalized spacial score (nSPS) is 12.5. The molecule has 0 spiro atoms. The Morgan fingerprint density at radius 2 is 1.58 bits per heavy atom. The summed E-state index contributed by atoms with van der Waals surface area (Å²) in [5.41, 5.74) is 12.3. The molecule has 1 atom stereocenters. The van der Waals surface area contributed by atoms with Crippen LogP contribution in [0.5, 0.6) is 0 Å². The quantitative estimate of drug-likeness (QED) is 0.875. The minimum Gasteiger partial charge on any atom is -0.324 e. The number of benzene rings is 2. The van der Waals surface area contributed by atoms with Gasteiger partial charge in [0.25, 0.3) is 0 Å². The SMILES string of the molecule is Cc1cc(C)cc(C(N)Cc2ccc(C)cc2Cl)c1. The van der Waals surface area contributed by atoms with Crippen molar-refractivity contribution in [1.29, 1.82) is 0 Å². The summed E-state index contributed by atoms with van der Waals surface area (Å²) >= 11 is 6.27. The smallest absolute Gasteiger partial charge is 0.0441 e. The Balaban J connectivity index is 2.22. The standard InChI is InChI=1S/C17H20ClN/c1-11-4-5-14(16(18)9-11)10-17(19)15-7-12(2)6-13(3)8-15/h4-9,17H,10,19H2,1-3H3. The second-order valence-electron chi connectivity index (χ2n) is 5.33. The van der Waals surface area contributed by atoms with Gasteiger partial charge in [-0.1, -0.05) is 53.1 Å². The molecule has 0 aliphatic carbocycles. The molecule has 0 fully saturated rings. The first-order valence-corrected chi connectivity index (χ1v) is 6.92. The van der Waals surface area contributed by atoms with E-state index >= 15 is 0 Å². The van der Waals surface area contributed by atoms with Crippen molar-refractivity contribution in [1.82, 2.24) is 0 Å². The monoisotopic (exact) mass is 273 g/mol. The lowest BCUT2D eigenvalue weighted by atomic mass is 9.96. The van der Waals surface area contributed by atoms with Crippen molar-refractivity contribution >= 4 is 11.6 Å². The molecule has 0 radical (unpaired) electrons. The lowest BCUT2D eigenvalue weighted by Gasteiger charge is -2.15. The van der Waals surface area contributed by atoms with Crippen LogP contribution in [-0.4, -0.2) is 0 Å². The minimum absolute atomic E-state index is 0.0150. The van der Waals surface area contributed by atoms with E-state index in [9.17, 15) is 0 Å². The van der Waals surface area contributed by atoms with E-state index in [1.807, 2.05) is 13.0 Å². The number of nitrogens with two attached hydrogens (primary N) is 1. The van der Waals surface area contributed by atoms with Crippen LogP contribution >= 0.6 is 11.6 Å². The summed E-state index contributed by atoms with van der Waals surface area (Å²) in [5.74, 6) is 0. The van der Waals surface area contributed by atoms with Crippen LogP contribution in [0.2, 0.25) is 5.02 Å². The summed E-state index contributed by atoms with van der Waals surface area (Å²) in [4.78, 5) is 0. The highest BCUT2D eigenvalue weighted by atomic mass is 35.5. The Labute approximate surface area is 120 Å². The van der Waals surface area contributed by atoms with E-state index in [4.69, 9.17) is 17.3 Å². The first-order valence-electron chi connectivity index (χ1n) is 6.54. The van der Waals surface area contributed by atoms with E-state index in [0.29, 0.717) is 0 Å². The van der Waals surface area contributed by atoms with Crippen molar-refractivity contribution in [2.45, 2.75) is 33.2 Å². The van der Waals surface area contributed by atoms with Gasteiger partial charge in [0.15, 0.2) is 0 Å². The number of halogens is 1. The third-order valence-electron chi connectivity index (χ3n) is 3.32. The molecule has 0 saturated carbocycles. The number of aryl methyl sites for hydroxylation is 3. The first kappa shape index (κ1) is 14.1. The van der Waals surface area contributed by atoms with Crippen LogP contribution in [0.3, 0.4) is 0 Å². The largest absolute Gasteiger partial charge is 0.324 e. The zero-order valence-corrected chi connectivity index (χ0v) is 12.5. The molecule has 0 saturated heterocycles. The van der Waals surface area contributed by atoms with Crippen molar-refractivity contribution in [2.24, 2.45) is 5.73 Å². The van der Waals surface area contributed by atoms with E-state index in [0.717, 1.165) is 17.0 Å². The molecule has 19 heavy (non-hydrogen) atoms. The number of hydrogen-bond donors (Lipinski definition) is 1. The van der Waals surface area contributed by atoms with E-state index in [1.165, 1.54) is 22.3 Å². The van der Waals surface area contributed by atoms with Crippen LogP contribution < -0.4 is 5.73 Å². The summed E-state index contributed by atoms with van der Waals surface area (Å²) in [7, 11) is 0. The van der Waals surface area contributed by atoms with Crippen molar-refractivity contribution in [3.8, 4) is 0 Å². The fourth-order valence-electron chi connectivity index (χ4n) is 2.40. The molecule has 0 amide bonds. The van der Waals surface area contributed by atoms with Gasteiger partial charge >= 0.3 is 0 Å². The fraction of sp³-hybridized carbons (Fsp3) is 0.294. The average Bonchev–Trinajstić information content (AvgIpc) is 2.31. The summed E-state index contributed by atoms with van der Waals surface area (Å²) in [6, 6.07) is 12.6. The zero-order chi connectivity index (χ0) is 14.0. The molecule has 1 nitrogen and oxygen atoms in total. The molecular formula is C17H20ClN. The van der Waals surface area contributed by atoms with Gasteiger partial charge in [-0.2, -0.15) is 0 Å². The average molecular weight is 274 g/mol. The van der Waals surface area contributed by atoms with Gasteiger partial charge in [-0.3, -0.25) is 0 Å². The maximum absolute atomic E-state index is 6.31. The highest BCUT2D eigenvalue weighted by molar-refractivity contribution is 6.31. The van der Waals surface area contributed by atoms with Gasteiger partial charge in [0.1, 0.15) is 0 Å². The molecular weight excluding hydrogens is 254 g/mol. The molecule has 0 aliphatic heterocycles. The van der Waals surface area contributed by atoms with E-state index in [2.05, 4.69) is 44.2 Å². The molecule has 2 aromatic carbocycles. The predicted molar refractivity (Wildman–Crippen MR) is 82.7 cm³/mol. The Morgan fingerprint density at radius 3 is 2.16 bits per heavy atom. The van der Waals surface area contributed by atoms with Gasteiger partial charge in [0.2, 0.25) is 0 Å². The van der Waals surface area contributed by atoms with Gasteiger partial charge < -0.3 is 5.73 Å². The minimum atomic E-state index is -0.0150. The molecule has 0 bridgehead atoms. The maximum atomic E-state index is 6.31. The second kappa shape index (κ2) is 5.77. The van der Waals surface area contributed by atoms with E-state index in [1.54, 1.807) is 0 Å². The van der Waals surface area contributed by atoms with Crippen LogP contribution in [0.25, 0.3) is 0 Å². The van der Waals surface area contributed by atoms with Crippen LogP contribution in [0.15, 0.2) is 36.4 Å². The van der Waals surface area contributed by atoms with Gasteiger partial charge in [-0.15, -0.1) is 0 Å². The van der Waals surface area contributed by atoms with Gasteiger partial charge in [0, 0.05) is 11.1 Å². The van der Waals surface area contributed by atoms with Crippen molar-refractivity contribution < 1.29 is 0 Å². The van der Waals surface area contributed by atoms with Crippen molar-refractivity contribution in [3.63, 3.8) is 0 Å². The Hall–Kier alpha value is -1.31. The predicted octanol–water partition coefficient (Wildman–Crippen LogP) is 4.51. The zero-order valence-electron chi connectivity index (χ0n) is 11.7. The van der Waals surface area contributed by atoms with Crippen LogP contribution in [0, 0.1) is 20.8 Å². The van der Waals surface area contributed by atoms with Crippen LogP contribution in [-0.2, 0) is 6.42 Å². The molecule has 0 aromatic heterocycles. The summed E-state index contributed by atoms with van der Waals surface area (Å²) in [6.45, 7) is 6.24. The fourth-order valence-corrected chi connectivity index (χ4v) is 2.71. The maximum Gasteiger partial charge on any atom is 0.0441 e. The highest BCUT2D eigenvalue weighted by Crippen LogP contribution is 2.24. The summed E-state index contributed by atoms with van der Waals surface area (Å²) in [5, 5.41) is 0.805. The first-order chi connectivity index (χ1) is 8.95. The van der Waals surface area contributed by atoms with Crippen molar-refractivity contribution in [2.75, 3.05) is 0 Å². The highest BCUT2D eigenvalue weighted by Gasteiger charge is 2.10. The van der Waals surface area contributed by atoms with Crippen LogP contribution in [0.4, 0.5) is 0 Å². The second-order valence-corrected chi connectivity index (χ2v) is 5.73. The third kappa shape index (κ3) is 3.59. The molecule has 2 heteroatoms. The van der Waals surface area contributed by atoms with Gasteiger partial charge in [-0.25, -0.2) is 0 Å². The lowest BCUT2D eigenvalue weighted by Crippen LogP contribution is -2.14. The van der Waals surface area contributed by atoms with Crippen LogP contribution in [0.1, 0.15) is 33.9 Å². The van der Waals surface area contributed by atoms with Crippen molar-refractivity contribution in [3.05, 3.63) is 69.2 Å². The molecule has 0 aliphatic rings. The Morgan fingerprint density at radius 1 is 0.947 bits per heavy atom. The van der Waals surface area contributed by atoms with E-state index in [-0.39, 0.29) is 6.04 Å². The molecule has 2 rings (SSSR count). The third-order valence-corrected chi connectivity index (χ3v) is 3.67. The van der Waals surface area contributed by atoms with Gasteiger partial charge in [-0.05, 0) is 49.9 Å². The number of hydrogen-bond acceptors (Lipinski definition) is 1. The van der Waals surface area contributed by atoms with Gasteiger partial charge in [0.05, 0.1) is 0 Å². The Bertz CT molecular complexity index is 570.